The zero-order valence-corrected chi connectivity index (χ0v) is 11.1. The summed E-state index contributed by atoms with van der Waals surface area (Å²) in [7, 11) is -1.45. The summed E-state index contributed by atoms with van der Waals surface area (Å²) in [6, 6.07) is 3.39. The predicted molar refractivity (Wildman–Crippen MR) is 68.2 cm³/mol. The van der Waals surface area contributed by atoms with Gasteiger partial charge in [-0.05, 0) is 19.1 Å². The van der Waals surface area contributed by atoms with Crippen molar-refractivity contribution in [2.75, 3.05) is 23.9 Å². The largest absolute Gasteiger partial charge is 0.480 e. The maximum absolute atomic E-state index is 11.5. The fourth-order valence-electron chi connectivity index (χ4n) is 1.47. The number of aromatic nitrogens is 1. The first kappa shape index (κ1) is 13.8. The Morgan fingerprint density at radius 1 is 1.53 bits per heavy atom. The number of hydrogen-bond acceptors (Lipinski definition) is 5. The molecule has 0 bridgehead atoms. The molecule has 1 rings (SSSR count). The van der Waals surface area contributed by atoms with Crippen molar-refractivity contribution in [3.05, 3.63) is 18.3 Å². The minimum Gasteiger partial charge on any atom is -0.480 e. The van der Waals surface area contributed by atoms with Crippen LogP contribution in [0.4, 0.5) is 5.69 Å². The van der Waals surface area contributed by atoms with Crippen LogP contribution in [0.3, 0.4) is 0 Å². The van der Waals surface area contributed by atoms with Gasteiger partial charge in [0.05, 0.1) is 18.6 Å². The Morgan fingerprint density at radius 3 is 2.82 bits per heavy atom. The molecule has 0 aliphatic heterocycles. The van der Waals surface area contributed by atoms with E-state index in [2.05, 4.69) is 10.3 Å². The molecule has 1 unspecified atom stereocenters. The molecule has 0 spiro atoms. The summed E-state index contributed by atoms with van der Waals surface area (Å²) in [5.41, 5.74) is 0.703. The molecule has 0 aromatic carbocycles. The summed E-state index contributed by atoms with van der Waals surface area (Å²) in [5, 5.41) is 3.09. The van der Waals surface area contributed by atoms with E-state index in [4.69, 9.17) is 4.74 Å². The molecule has 17 heavy (non-hydrogen) atoms. The average Bonchev–Trinajstić information content (AvgIpc) is 2.29. The zero-order valence-electron chi connectivity index (χ0n) is 10.3. The Hall–Kier alpha value is -1.30. The standard InChI is InChI=1S/C11H18N2O3S/c1-4-17(14,15)8-9(2)13-10-6-5-7-12-11(10)16-3/h5-7,9,13H,4,8H2,1-3H3. The van der Waals surface area contributed by atoms with Gasteiger partial charge in [-0.15, -0.1) is 0 Å². The highest BCUT2D eigenvalue weighted by Crippen LogP contribution is 2.20. The number of nitrogens with zero attached hydrogens (tertiary/aromatic N) is 1. The SMILES string of the molecule is CCS(=O)(=O)CC(C)Nc1cccnc1OC. The number of sulfone groups is 1. The van der Waals surface area contributed by atoms with E-state index in [0.717, 1.165) is 0 Å². The molecule has 5 nitrogen and oxygen atoms in total. The molecule has 1 heterocycles. The lowest BCUT2D eigenvalue weighted by Crippen LogP contribution is -2.26. The highest BCUT2D eigenvalue weighted by Gasteiger charge is 2.15. The molecular formula is C11H18N2O3S. The fourth-order valence-corrected chi connectivity index (χ4v) is 2.55. The molecule has 6 heteroatoms. The number of methoxy groups -OCH3 is 1. The third-order valence-corrected chi connectivity index (χ3v) is 4.20. The summed E-state index contributed by atoms with van der Waals surface area (Å²) in [6.45, 7) is 3.46. The molecule has 96 valence electrons. The van der Waals surface area contributed by atoms with Crippen molar-refractivity contribution in [1.29, 1.82) is 0 Å². The maximum Gasteiger partial charge on any atom is 0.237 e. The lowest BCUT2D eigenvalue weighted by atomic mass is 10.3. The van der Waals surface area contributed by atoms with Gasteiger partial charge in [0.25, 0.3) is 0 Å². The molecule has 1 N–H and O–H groups in total. The van der Waals surface area contributed by atoms with Crippen LogP contribution in [-0.2, 0) is 9.84 Å². The van der Waals surface area contributed by atoms with Gasteiger partial charge in [0, 0.05) is 18.0 Å². The van der Waals surface area contributed by atoms with Crippen LogP contribution >= 0.6 is 0 Å². The minimum atomic E-state index is -2.98. The van der Waals surface area contributed by atoms with Crippen LogP contribution in [0.15, 0.2) is 18.3 Å². The molecule has 0 fully saturated rings. The topological polar surface area (TPSA) is 68.3 Å². The van der Waals surface area contributed by atoms with E-state index in [9.17, 15) is 8.42 Å². The number of ether oxygens (including phenoxy) is 1. The van der Waals surface area contributed by atoms with Crippen molar-refractivity contribution >= 4 is 15.5 Å². The third kappa shape index (κ3) is 4.22. The Bertz CT molecular complexity index is 460. The summed E-state index contributed by atoms with van der Waals surface area (Å²) in [6.07, 6.45) is 1.62. The summed E-state index contributed by atoms with van der Waals surface area (Å²) < 4.78 is 28.0. The average molecular weight is 258 g/mol. The molecule has 0 saturated heterocycles. The lowest BCUT2D eigenvalue weighted by molar-refractivity contribution is 0.399. The first-order valence-electron chi connectivity index (χ1n) is 5.44. The van der Waals surface area contributed by atoms with Crippen molar-refractivity contribution in [2.45, 2.75) is 19.9 Å². The lowest BCUT2D eigenvalue weighted by Gasteiger charge is -2.16. The minimum absolute atomic E-state index is 0.0988. The summed E-state index contributed by atoms with van der Waals surface area (Å²) in [5.74, 6) is 0.721. The van der Waals surface area contributed by atoms with Gasteiger partial charge in [0.1, 0.15) is 0 Å². The number of rotatable bonds is 6. The first-order chi connectivity index (χ1) is 7.98. The van der Waals surface area contributed by atoms with Crippen LogP contribution in [0, 0.1) is 0 Å². The summed E-state index contributed by atoms with van der Waals surface area (Å²) >= 11 is 0. The van der Waals surface area contributed by atoms with Crippen LogP contribution < -0.4 is 10.1 Å². The van der Waals surface area contributed by atoms with Crippen LogP contribution in [0.1, 0.15) is 13.8 Å². The monoisotopic (exact) mass is 258 g/mol. The van der Waals surface area contributed by atoms with Crippen LogP contribution in [0.5, 0.6) is 5.88 Å². The number of pyridine rings is 1. The van der Waals surface area contributed by atoms with Crippen LogP contribution in [-0.4, -0.2) is 38.1 Å². The number of anilines is 1. The van der Waals surface area contributed by atoms with Gasteiger partial charge in [-0.1, -0.05) is 6.92 Å². The van der Waals surface area contributed by atoms with E-state index in [0.29, 0.717) is 11.6 Å². The van der Waals surface area contributed by atoms with Crippen LogP contribution in [0.2, 0.25) is 0 Å². The second kappa shape index (κ2) is 5.86. The Balaban J connectivity index is 2.71. The zero-order chi connectivity index (χ0) is 12.9. The van der Waals surface area contributed by atoms with Crippen molar-refractivity contribution in [1.82, 2.24) is 4.98 Å². The smallest absolute Gasteiger partial charge is 0.237 e. The van der Waals surface area contributed by atoms with Crippen molar-refractivity contribution in [3.63, 3.8) is 0 Å². The van der Waals surface area contributed by atoms with Crippen molar-refractivity contribution < 1.29 is 13.2 Å². The quantitative estimate of drug-likeness (QED) is 0.833. The molecule has 1 aromatic rings. The summed E-state index contributed by atoms with van der Waals surface area (Å²) in [4.78, 5) is 4.03. The molecule has 0 radical (unpaired) electrons. The van der Waals surface area contributed by atoms with E-state index in [1.807, 2.05) is 6.92 Å². The van der Waals surface area contributed by atoms with E-state index in [-0.39, 0.29) is 17.5 Å². The Labute approximate surface area is 102 Å². The molecule has 1 atom stereocenters. The van der Waals surface area contributed by atoms with Gasteiger partial charge in [0.15, 0.2) is 9.84 Å². The van der Waals surface area contributed by atoms with Gasteiger partial charge < -0.3 is 10.1 Å². The second-order valence-electron chi connectivity index (χ2n) is 3.80. The molecule has 0 amide bonds. The normalized spacial score (nSPS) is 13.1. The van der Waals surface area contributed by atoms with Gasteiger partial charge in [0.2, 0.25) is 5.88 Å². The van der Waals surface area contributed by atoms with Gasteiger partial charge in [-0.3, -0.25) is 0 Å². The molecular weight excluding hydrogens is 240 g/mol. The van der Waals surface area contributed by atoms with Gasteiger partial charge in [-0.25, -0.2) is 13.4 Å². The number of nitrogens with one attached hydrogen (secondary N) is 1. The fraction of sp³-hybridized carbons (Fsp3) is 0.545. The second-order valence-corrected chi connectivity index (χ2v) is 6.20. The van der Waals surface area contributed by atoms with Crippen molar-refractivity contribution in [3.8, 4) is 5.88 Å². The molecule has 0 saturated carbocycles. The highest BCUT2D eigenvalue weighted by atomic mass is 32.2. The Morgan fingerprint density at radius 2 is 2.24 bits per heavy atom. The van der Waals surface area contributed by atoms with E-state index in [1.54, 1.807) is 25.3 Å². The number of hydrogen-bond donors (Lipinski definition) is 1. The third-order valence-electron chi connectivity index (χ3n) is 2.31. The van der Waals surface area contributed by atoms with Gasteiger partial charge >= 0.3 is 0 Å². The van der Waals surface area contributed by atoms with E-state index >= 15 is 0 Å². The van der Waals surface area contributed by atoms with E-state index in [1.165, 1.54) is 7.11 Å². The van der Waals surface area contributed by atoms with E-state index < -0.39 is 9.84 Å². The highest BCUT2D eigenvalue weighted by molar-refractivity contribution is 7.91. The molecule has 0 aliphatic rings. The predicted octanol–water partition coefficient (Wildman–Crippen LogP) is 1.33. The van der Waals surface area contributed by atoms with Gasteiger partial charge in [-0.2, -0.15) is 0 Å². The molecule has 0 aliphatic carbocycles. The first-order valence-corrected chi connectivity index (χ1v) is 7.26. The van der Waals surface area contributed by atoms with Crippen LogP contribution in [0.25, 0.3) is 0 Å². The Kier molecular flexibility index (Phi) is 4.74. The van der Waals surface area contributed by atoms with Crippen molar-refractivity contribution in [2.24, 2.45) is 0 Å². The maximum atomic E-state index is 11.5. The molecule has 1 aromatic heterocycles.